The van der Waals surface area contributed by atoms with Gasteiger partial charge in [-0.15, -0.1) is 0 Å². The number of aliphatic carboxylic acids is 1. The molecule has 1 N–H and O–H groups in total. The molecule has 1 heterocycles. The monoisotopic (exact) mass is 443 g/mol. The molecular formula is C27H29NO3Si. The molecule has 5 heteroatoms. The standard InChI is InChI=1S/C27H29NO3Si/c1-19-24-18-21(16-15-20(24)17-25(28-19)26(29)30)31-32(27(2,3)4,22-11-7-5-8-12-22)23-13-9-6-10-14-23/h5-16,18,25H,17H2,1-4H3,(H,29,30). The van der Waals surface area contributed by atoms with Gasteiger partial charge in [0.2, 0.25) is 0 Å². The predicted molar refractivity (Wildman–Crippen MR) is 132 cm³/mol. The average Bonchev–Trinajstić information content (AvgIpc) is 2.78. The van der Waals surface area contributed by atoms with E-state index in [2.05, 4.69) is 74.3 Å². The first-order valence-electron chi connectivity index (χ1n) is 10.9. The van der Waals surface area contributed by atoms with E-state index >= 15 is 0 Å². The summed E-state index contributed by atoms with van der Waals surface area (Å²) in [6.45, 7) is 8.63. The fourth-order valence-corrected chi connectivity index (χ4v) is 9.07. The maximum absolute atomic E-state index is 11.5. The SMILES string of the molecule is CC1=NC(C(=O)O)Cc2ccc(O[Si](c3ccccc3)(c3ccccc3)C(C)(C)C)cc21. The van der Waals surface area contributed by atoms with E-state index in [0.717, 1.165) is 22.6 Å². The van der Waals surface area contributed by atoms with E-state index in [4.69, 9.17) is 4.43 Å². The lowest BCUT2D eigenvalue weighted by Gasteiger charge is -2.43. The third-order valence-electron chi connectivity index (χ3n) is 6.21. The van der Waals surface area contributed by atoms with E-state index in [9.17, 15) is 9.90 Å². The smallest absolute Gasteiger partial charge is 0.328 e. The van der Waals surface area contributed by atoms with Crippen LogP contribution in [-0.4, -0.2) is 31.1 Å². The van der Waals surface area contributed by atoms with Gasteiger partial charge in [0.1, 0.15) is 5.75 Å². The first-order valence-corrected chi connectivity index (χ1v) is 12.8. The van der Waals surface area contributed by atoms with Crippen molar-refractivity contribution in [1.82, 2.24) is 0 Å². The van der Waals surface area contributed by atoms with Crippen LogP contribution < -0.4 is 14.8 Å². The second-order valence-corrected chi connectivity index (χ2v) is 13.6. The molecular weight excluding hydrogens is 414 g/mol. The maximum Gasteiger partial charge on any atom is 0.328 e. The molecule has 0 amide bonds. The van der Waals surface area contributed by atoms with E-state index < -0.39 is 20.3 Å². The number of hydrogen-bond donors (Lipinski definition) is 1. The molecule has 1 aliphatic heterocycles. The van der Waals surface area contributed by atoms with Crippen LogP contribution in [0.15, 0.2) is 83.9 Å². The Bertz CT molecular complexity index is 1110. The van der Waals surface area contributed by atoms with Gasteiger partial charge in [0, 0.05) is 17.7 Å². The van der Waals surface area contributed by atoms with Crippen molar-refractivity contribution >= 4 is 30.4 Å². The van der Waals surface area contributed by atoms with Crippen LogP contribution in [0.3, 0.4) is 0 Å². The molecule has 1 unspecified atom stereocenters. The number of hydrogen-bond acceptors (Lipinski definition) is 3. The van der Waals surface area contributed by atoms with E-state index in [1.165, 1.54) is 10.4 Å². The van der Waals surface area contributed by atoms with Crippen LogP contribution in [0.1, 0.15) is 38.8 Å². The van der Waals surface area contributed by atoms with Gasteiger partial charge in [-0.3, -0.25) is 4.99 Å². The quantitative estimate of drug-likeness (QED) is 0.593. The Morgan fingerprint density at radius 1 is 0.969 bits per heavy atom. The summed E-state index contributed by atoms with van der Waals surface area (Å²) in [5.74, 6) is -0.0935. The first-order chi connectivity index (χ1) is 15.2. The van der Waals surface area contributed by atoms with Crippen LogP contribution in [0, 0.1) is 0 Å². The number of carboxylic acid groups (broad SMARTS) is 1. The lowest BCUT2D eigenvalue weighted by molar-refractivity contribution is -0.138. The van der Waals surface area contributed by atoms with Gasteiger partial charge in [-0.1, -0.05) is 87.5 Å². The van der Waals surface area contributed by atoms with Gasteiger partial charge in [0.05, 0.1) is 0 Å². The Morgan fingerprint density at radius 3 is 2.03 bits per heavy atom. The minimum absolute atomic E-state index is 0.136. The van der Waals surface area contributed by atoms with Crippen molar-refractivity contribution in [3.63, 3.8) is 0 Å². The number of carbonyl (C=O) groups is 1. The van der Waals surface area contributed by atoms with Gasteiger partial charge in [-0.05, 0) is 40.0 Å². The second kappa shape index (κ2) is 8.39. The summed E-state index contributed by atoms with van der Waals surface area (Å²) in [6.07, 6.45) is 0.404. The van der Waals surface area contributed by atoms with Crippen molar-refractivity contribution in [1.29, 1.82) is 0 Å². The van der Waals surface area contributed by atoms with Crippen molar-refractivity contribution in [2.45, 2.75) is 45.2 Å². The summed E-state index contributed by atoms with van der Waals surface area (Å²) in [5.41, 5.74) is 2.71. The summed E-state index contributed by atoms with van der Waals surface area (Å²) in [6, 6.07) is 26.4. The summed E-state index contributed by atoms with van der Waals surface area (Å²) in [7, 11) is -2.72. The number of nitrogens with zero attached hydrogens (tertiary/aromatic N) is 1. The van der Waals surface area contributed by atoms with Crippen LogP contribution in [0.25, 0.3) is 0 Å². The highest BCUT2D eigenvalue weighted by molar-refractivity contribution is 7.00. The second-order valence-electron chi connectivity index (χ2n) is 9.36. The number of benzene rings is 3. The fraction of sp³-hybridized carbons (Fsp3) is 0.259. The predicted octanol–water partition coefficient (Wildman–Crippen LogP) is 4.44. The van der Waals surface area contributed by atoms with Crippen LogP contribution in [-0.2, 0) is 11.2 Å². The fourth-order valence-electron chi connectivity index (χ4n) is 4.66. The summed E-state index contributed by atoms with van der Waals surface area (Å²) < 4.78 is 7.09. The van der Waals surface area contributed by atoms with Crippen LogP contribution in [0.5, 0.6) is 5.75 Å². The summed E-state index contributed by atoms with van der Waals surface area (Å²) in [4.78, 5) is 15.9. The molecule has 3 aromatic rings. The van der Waals surface area contributed by atoms with Crippen molar-refractivity contribution in [2.75, 3.05) is 0 Å². The average molecular weight is 444 g/mol. The zero-order chi connectivity index (χ0) is 22.9. The minimum Gasteiger partial charge on any atom is -0.534 e. The number of aliphatic imine (C=N–C) groups is 1. The Balaban J connectivity index is 1.85. The van der Waals surface area contributed by atoms with Crippen molar-refractivity contribution in [3.8, 4) is 5.75 Å². The highest BCUT2D eigenvalue weighted by Crippen LogP contribution is 2.38. The molecule has 0 aromatic heterocycles. The third-order valence-corrected chi connectivity index (χ3v) is 11.2. The normalized spacial score (nSPS) is 16.1. The number of fused-ring (bicyclic) bond motifs is 1. The Morgan fingerprint density at radius 2 is 1.53 bits per heavy atom. The van der Waals surface area contributed by atoms with E-state index in [-0.39, 0.29) is 5.04 Å². The summed E-state index contributed by atoms with van der Waals surface area (Å²) in [5, 5.41) is 11.7. The molecule has 0 saturated carbocycles. The Labute approximate surface area is 190 Å². The topological polar surface area (TPSA) is 58.9 Å². The Hall–Kier alpha value is -3.18. The molecule has 1 atom stereocenters. The molecule has 4 nitrogen and oxygen atoms in total. The molecule has 164 valence electrons. The molecule has 32 heavy (non-hydrogen) atoms. The summed E-state index contributed by atoms with van der Waals surface area (Å²) >= 11 is 0. The zero-order valence-electron chi connectivity index (χ0n) is 19.0. The lowest BCUT2D eigenvalue weighted by Crippen LogP contribution is -2.68. The van der Waals surface area contributed by atoms with Gasteiger partial charge >= 0.3 is 14.3 Å². The molecule has 0 aliphatic carbocycles. The van der Waals surface area contributed by atoms with Gasteiger partial charge in [0.25, 0.3) is 0 Å². The van der Waals surface area contributed by atoms with Crippen molar-refractivity contribution in [2.24, 2.45) is 4.99 Å². The molecule has 0 spiro atoms. The van der Waals surface area contributed by atoms with Crippen LogP contribution in [0.2, 0.25) is 5.04 Å². The minimum atomic E-state index is -2.72. The van der Waals surface area contributed by atoms with E-state index in [1.54, 1.807) is 0 Å². The zero-order valence-corrected chi connectivity index (χ0v) is 20.0. The van der Waals surface area contributed by atoms with Crippen molar-refractivity contribution in [3.05, 3.63) is 90.0 Å². The number of rotatable bonds is 5. The van der Waals surface area contributed by atoms with E-state index in [0.29, 0.717) is 6.42 Å². The highest BCUT2D eigenvalue weighted by atomic mass is 28.4. The number of carboxylic acids is 1. The highest BCUT2D eigenvalue weighted by Gasteiger charge is 2.52. The molecule has 3 aromatic carbocycles. The molecule has 0 fully saturated rings. The molecule has 0 bridgehead atoms. The first kappa shape index (κ1) is 22.0. The van der Waals surface area contributed by atoms with E-state index in [1.807, 2.05) is 37.3 Å². The van der Waals surface area contributed by atoms with Gasteiger partial charge < -0.3 is 9.53 Å². The molecule has 4 rings (SSSR count). The lowest BCUT2D eigenvalue weighted by atomic mass is 9.94. The molecule has 0 radical (unpaired) electrons. The van der Waals surface area contributed by atoms with Gasteiger partial charge in [-0.25, -0.2) is 4.79 Å². The molecule has 0 saturated heterocycles. The largest absolute Gasteiger partial charge is 0.534 e. The maximum atomic E-state index is 11.5. The third kappa shape index (κ3) is 3.89. The van der Waals surface area contributed by atoms with Gasteiger partial charge in [0.15, 0.2) is 6.04 Å². The Kier molecular flexibility index (Phi) is 5.78. The molecule has 1 aliphatic rings. The van der Waals surface area contributed by atoms with Crippen molar-refractivity contribution < 1.29 is 14.3 Å². The van der Waals surface area contributed by atoms with Crippen LogP contribution >= 0.6 is 0 Å². The van der Waals surface area contributed by atoms with Crippen LogP contribution in [0.4, 0.5) is 0 Å². The van der Waals surface area contributed by atoms with Gasteiger partial charge in [-0.2, -0.15) is 0 Å².